The molecule has 2 rings (SSSR count). The number of oxime groups is 1. The summed E-state index contributed by atoms with van der Waals surface area (Å²) in [6, 6.07) is 10.8. The molecule has 0 unspecified atom stereocenters. The molecule has 0 saturated carbocycles. The lowest BCUT2D eigenvalue weighted by atomic mass is 10.2. The van der Waals surface area contributed by atoms with Crippen LogP contribution in [0.25, 0.3) is 0 Å². The van der Waals surface area contributed by atoms with E-state index in [1.165, 1.54) is 0 Å². The molecule has 1 aromatic heterocycles. The zero-order valence-electron chi connectivity index (χ0n) is 11.0. The standard InChI is InChI=1S/C14H17N3O3/c15-14(17-18)11-3-5-12(6-4-11)20-9-7-16-10-13-2-1-8-19-13/h1-6,8,16,18H,7,9-10H2,(H2,15,17). The molecular weight excluding hydrogens is 258 g/mol. The van der Waals surface area contributed by atoms with Crippen molar-refractivity contribution >= 4 is 5.84 Å². The summed E-state index contributed by atoms with van der Waals surface area (Å²) in [4.78, 5) is 0. The first-order chi connectivity index (χ1) is 9.79. The Bertz CT molecular complexity index is 535. The second-order valence-corrected chi connectivity index (χ2v) is 4.11. The Balaban J connectivity index is 1.69. The van der Waals surface area contributed by atoms with Gasteiger partial charge < -0.3 is 25.4 Å². The van der Waals surface area contributed by atoms with Gasteiger partial charge in [0, 0.05) is 12.1 Å². The lowest BCUT2D eigenvalue weighted by molar-refractivity contribution is 0.311. The van der Waals surface area contributed by atoms with Crippen LogP contribution in [0.5, 0.6) is 5.75 Å². The van der Waals surface area contributed by atoms with E-state index in [0.29, 0.717) is 25.3 Å². The van der Waals surface area contributed by atoms with Gasteiger partial charge in [0.15, 0.2) is 5.84 Å². The molecule has 2 aromatic rings. The number of rotatable bonds is 7. The molecule has 0 aliphatic rings. The van der Waals surface area contributed by atoms with Crippen molar-refractivity contribution in [2.45, 2.75) is 6.54 Å². The fraction of sp³-hybridized carbons (Fsp3) is 0.214. The van der Waals surface area contributed by atoms with Crippen molar-refractivity contribution < 1.29 is 14.4 Å². The van der Waals surface area contributed by atoms with E-state index in [1.807, 2.05) is 12.1 Å². The van der Waals surface area contributed by atoms with E-state index in [4.69, 9.17) is 20.1 Å². The van der Waals surface area contributed by atoms with E-state index in [9.17, 15) is 0 Å². The predicted octanol–water partition coefficient (Wildman–Crippen LogP) is 1.54. The quantitative estimate of drug-likeness (QED) is 0.234. The maximum Gasteiger partial charge on any atom is 0.170 e. The van der Waals surface area contributed by atoms with Gasteiger partial charge >= 0.3 is 0 Å². The molecule has 1 heterocycles. The molecule has 0 bridgehead atoms. The van der Waals surface area contributed by atoms with Crippen molar-refractivity contribution in [3.63, 3.8) is 0 Å². The fourth-order valence-corrected chi connectivity index (χ4v) is 1.65. The average molecular weight is 275 g/mol. The van der Waals surface area contributed by atoms with Crippen LogP contribution in [0.15, 0.2) is 52.2 Å². The Labute approximate surface area is 116 Å². The lowest BCUT2D eigenvalue weighted by Gasteiger charge is -2.07. The van der Waals surface area contributed by atoms with Crippen LogP contribution in [0.2, 0.25) is 0 Å². The number of hydrogen-bond donors (Lipinski definition) is 3. The number of benzene rings is 1. The topological polar surface area (TPSA) is 93.0 Å². The Morgan fingerprint density at radius 1 is 1.30 bits per heavy atom. The van der Waals surface area contributed by atoms with Gasteiger partial charge in [-0.2, -0.15) is 0 Å². The summed E-state index contributed by atoms with van der Waals surface area (Å²) in [6.07, 6.45) is 1.65. The van der Waals surface area contributed by atoms with Crippen LogP contribution in [-0.4, -0.2) is 24.2 Å². The first-order valence-corrected chi connectivity index (χ1v) is 6.23. The molecule has 1 aromatic carbocycles. The highest BCUT2D eigenvalue weighted by atomic mass is 16.5. The first-order valence-electron chi connectivity index (χ1n) is 6.23. The van der Waals surface area contributed by atoms with Gasteiger partial charge in [0.1, 0.15) is 18.1 Å². The second-order valence-electron chi connectivity index (χ2n) is 4.11. The predicted molar refractivity (Wildman–Crippen MR) is 74.9 cm³/mol. The molecule has 6 heteroatoms. The van der Waals surface area contributed by atoms with Crippen LogP contribution >= 0.6 is 0 Å². The molecule has 0 radical (unpaired) electrons. The Morgan fingerprint density at radius 3 is 2.75 bits per heavy atom. The number of nitrogens with two attached hydrogens (primary N) is 1. The number of hydrogen-bond acceptors (Lipinski definition) is 5. The molecule has 0 atom stereocenters. The Morgan fingerprint density at radius 2 is 2.10 bits per heavy atom. The minimum Gasteiger partial charge on any atom is -0.492 e. The smallest absolute Gasteiger partial charge is 0.170 e. The summed E-state index contributed by atoms with van der Waals surface area (Å²) in [5, 5.41) is 14.7. The van der Waals surface area contributed by atoms with Crippen LogP contribution in [-0.2, 0) is 6.54 Å². The van der Waals surface area contributed by atoms with Gasteiger partial charge in [-0.05, 0) is 36.4 Å². The van der Waals surface area contributed by atoms with Gasteiger partial charge in [0.25, 0.3) is 0 Å². The SMILES string of the molecule is NC(=NO)c1ccc(OCCNCc2ccco2)cc1. The summed E-state index contributed by atoms with van der Waals surface area (Å²) in [7, 11) is 0. The molecule has 0 amide bonds. The fourth-order valence-electron chi connectivity index (χ4n) is 1.65. The van der Waals surface area contributed by atoms with Gasteiger partial charge in [-0.1, -0.05) is 5.16 Å². The summed E-state index contributed by atoms with van der Waals surface area (Å²) >= 11 is 0. The molecule has 20 heavy (non-hydrogen) atoms. The van der Waals surface area contributed by atoms with Crippen molar-refractivity contribution in [2.24, 2.45) is 10.9 Å². The summed E-state index contributed by atoms with van der Waals surface area (Å²) < 4.78 is 10.8. The normalized spacial score (nSPS) is 11.5. The molecule has 4 N–H and O–H groups in total. The minimum atomic E-state index is 0.0802. The lowest BCUT2D eigenvalue weighted by Crippen LogP contribution is -2.20. The van der Waals surface area contributed by atoms with Gasteiger partial charge in [-0.3, -0.25) is 0 Å². The van der Waals surface area contributed by atoms with E-state index in [-0.39, 0.29) is 5.84 Å². The van der Waals surface area contributed by atoms with Crippen LogP contribution in [0.3, 0.4) is 0 Å². The van der Waals surface area contributed by atoms with E-state index >= 15 is 0 Å². The highest BCUT2D eigenvalue weighted by Crippen LogP contribution is 2.11. The highest BCUT2D eigenvalue weighted by Gasteiger charge is 2.00. The average Bonchev–Trinajstić information content (AvgIpc) is 3.00. The Kier molecular flexibility index (Phi) is 5.02. The Hall–Kier alpha value is -2.47. The third kappa shape index (κ3) is 4.03. The third-order valence-corrected chi connectivity index (χ3v) is 2.68. The maximum atomic E-state index is 8.55. The maximum absolute atomic E-state index is 8.55. The van der Waals surface area contributed by atoms with E-state index in [2.05, 4.69) is 10.5 Å². The number of amidine groups is 1. The molecule has 0 saturated heterocycles. The molecule has 0 aliphatic heterocycles. The molecule has 0 fully saturated rings. The summed E-state index contributed by atoms with van der Waals surface area (Å²) in [6.45, 7) is 1.94. The minimum absolute atomic E-state index is 0.0802. The molecule has 106 valence electrons. The number of ether oxygens (including phenoxy) is 1. The van der Waals surface area contributed by atoms with Crippen molar-refractivity contribution in [1.29, 1.82) is 0 Å². The van der Waals surface area contributed by atoms with E-state index in [1.54, 1.807) is 30.5 Å². The zero-order valence-corrected chi connectivity index (χ0v) is 11.0. The van der Waals surface area contributed by atoms with Gasteiger partial charge in [-0.25, -0.2) is 0 Å². The van der Waals surface area contributed by atoms with Crippen LogP contribution < -0.4 is 15.8 Å². The largest absolute Gasteiger partial charge is 0.492 e. The van der Waals surface area contributed by atoms with Gasteiger partial charge in [0.05, 0.1) is 12.8 Å². The van der Waals surface area contributed by atoms with Gasteiger partial charge in [0.2, 0.25) is 0 Å². The molecule has 6 nitrogen and oxygen atoms in total. The van der Waals surface area contributed by atoms with Crippen LogP contribution in [0.4, 0.5) is 0 Å². The van der Waals surface area contributed by atoms with Crippen LogP contribution in [0, 0.1) is 0 Å². The number of furan rings is 1. The summed E-state index contributed by atoms with van der Waals surface area (Å²) in [5.74, 6) is 1.71. The van der Waals surface area contributed by atoms with E-state index in [0.717, 1.165) is 11.5 Å². The number of nitrogens with zero attached hydrogens (tertiary/aromatic N) is 1. The van der Waals surface area contributed by atoms with Gasteiger partial charge in [-0.15, -0.1) is 0 Å². The molecule has 0 aliphatic carbocycles. The second kappa shape index (κ2) is 7.20. The van der Waals surface area contributed by atoms with Crippen molar-refractivity contribution in [3.8, 4) is 5.75 Å². The molecule has 0 spiro atoms. The third-order valence-electron chi connectivity index (χ3n) is 2.68. The zero-order chi connectivity index (χ0) is 14.2. The van der Waals surface area contributed by atoms with Crippen molar-refractivity contribution in [3.05, 3.63) is 54.0 Å². The molecular formula is C14H17N3O3. The first kappa shape index (κ1) is 14.0. The van der Waals surface area contributed by atoms with Crippen LogP contribution in [0.1, 0.15) is 11.3 Å². The van der Waals surface area contributed by atoms with Crippen molar-refractivity contribution in [1.82, 2.24) is 5.32 Å². The van der Waals surface area contributed by atoms with E-state index < -0.39 is 0 Å². The van der Waals surface area contributed by atoms with Crippen molar-refractivity contribution in [2.75, 3.05) is 13.2 Å². The monoisotopic (exact) mass is 275 g/mol. The summed E-state index contributed by atoms with van der Waals surface area (Å²) in [5.41, 5.74) is 6.12. The number of nitrogens with one attached hydrogen (secondary N) is 1. The highest BCUT2D eigenvalue weighted by molar-refractivity contribution is 5.97.